The lowest BCUT2D eigenvalue weighted by Crippen LogP contribution is -1.98. The summed E-state index contributed by atoms with van der Waals surface area (Å²) in [4.78, 5) is 4.46. The quantitative estimate of drug-likeness (QED) is 0.707. The number of nitriles is 1. The lowest BCUT2D eigenvalue weighted by Gasteiger charge is -2.06. The van der Waals surface area contributed by atoms with Gasteiger partial charge in [-0.3, -0.25) is 0 Å². The van der Waals surface area contributed by atoms with Crippen LogP contribution in [0.25, 0.3) is 11.0 Å². The molecule has 0 radical (unpaired) electrons. The first kappa shape index (κ1) is 12.4. The van der Waals surface area contributed by atoms with Crippen molar-refractivity contribution in [2.45, 2.75) is 20.4 Å². The zero-order chi connectivity index (χ0) is 14.1. The van der Waals surface area contributed by atoms with Crippen molar-refractivity contribution < 1.29 is 0 Å². The minimum Gasteiger partial charge on any atom is -0.326 e. The summed E-state index contributed by atoms with van der Waals surface area (Å²) in [5.41, 5.74) is 6.49. The lowest BCUT2D eigenvalue weighted by molar-refractivity contribution is 0.824. The number of benzene rings is 2. The molecule has 0 atom stereocenters. The normalized spacial score (nSPS) is 10.7. The maximum Gasteiger partial charge on any atom is 0.0991 e. The maximum atomic E-state index is 8.96. The summed E-state index contributed by atoms with van der Waals surface area (Å²) >= 11 is 0. The fourth-order valence-electron chi connectivity index (χ4n) is 2.38. The third-order valence-corrected chi connectivity index (χ3v) is 3.65. The summed E-state index contributed by atoms with van der Waals surface area (Å²) in [5, 5.41) is 8.96. The predicted molar refractivity (Wildman–Crippen MR) is 79.5 cm³/mol. The Kier molecular flexibility index (Phi) is 3.00. The Hall–Kier alpha value is -2.60. The molecule has 0 aliphatic rings. The number of aryl methyl sites for hydroxylation is 2. The molecule has 0 amide bonds. The Morgan fingerprint density at radius 1 is 1.15 bits per heavy atom. The van der Waals surface area contributed by atoms with Gasteiger partial charge in [0.1, 0.15) is 0 Å². The van der Waals surface area contributed by atoms with E-state index in [2.05, 4.69) is 41.6 Å². The van der Waals surface area contributed by atoms with E-state index in [1.165, 1.54) is 11.1 Å². The molecule has 3 nitrogen and oxygen atoms in total. The fourth-order valence-corrected chi connectivity index (χ4v) is 2.38. The standard InChI is InChI=1S/C17H15N3/c1-12-6-16-17(7-13(12)2)20(11-19-16)10-15-5-3-4-14(8-15)9-18/h3-8,11H,10H2,1-2H3. The van der Waals surface area contributed by atoms with E-state index in [0.717, 1.165) is 23.1 Å². The van der Waals surface area contributed by atoms with Gasteiger partial charge in [-0.1, -0.05) is 12.1 Å². The molecule has 0 saturated carbocycles. The Bertz CT molecular complexity index is 822. The summed E-state index contributed by atoms with van der Waals surface area (Å²) in [6.45, 7) is 4.95. The van der Waals surface area contributed by atoms with Gasteiger partial charge in [0.15, 0.2) is 0 Å². The summed E-state index contributed by atoms with van der Waals surface area (Å²) in [7, 11) is 0. The highest BCUT2D eigenvalue weighted by Gasteiger charge is 2.06. The number of fused-ring (bicyclic) bond motifs is 1. The van der Waals surface area contributed by atoms with Crippen LogP contribution >= 0.6 is 0 Å². The Morgan fingerprint density at radius 2 is 1.95 bits per heavy atom. The van der Waals surface area contributed by atoms with Crippen LogP contribution in [0.5, 0.6) is 0 Å². The van der Waals surface area contributed by atoms with E-state index < -0.39 is 0 Å². The van der Waals surface area contributed by atoms with Crippen LogP contribution in [-0.4, -0.2) is 9.55 Å². The van der Waals surface area contributed by atoms with E-state index in [4.69, 9.17) is 5.26 Å². The molecule has 98 valence electrons. The number of rotatable bonds is 2. The molecular weight excluding hydrogens is 246 g/mol. The van der Waals surface area contributed by atoms with E-state index in [1.807, 2.05) is 30.6 Å². The first-order chi connectivity index (χ1) is 9.67. The van der Waals surface area contributed by atoms with E-state index >= 15 is 0 Å². The molecule has 1 heterocycles. The number of imidazole rings is 1. The van der Waals surface area contributed by atoms with Gasteiger partial charge < -0.3 is 4.57 Å². The smallest absolute Gasteiger partial charge is 0.0991 e. The number of nitrogens with zero attached hydrogens (tertiary/aromatic N) is 3. The van der Waals surface area contributed by atoms with Gasteiger partial charge in [0.2, 0.25) is 0 Å². The summed E-state index contributed by atoms with van der Waals surface area (Å²) < 4.78 is 2.12. The van der Waals surface area contributed by atoms with Crippen molar-refractivity contribution in [1.82, 2.24) is 9.55 Å². The van der Waals surface area contributed by atoms with Crippen molar-refractivity contribution >= 4 is 11.0 Å². The van der Waals surface area contributed by atoms with Crippen LogP contribution in [0.4, 0.5) is 0 Å². The van der Waals surface area contributed by atoms with Crippen molar-refractivity contribution in [3.63, 3.8) is 0 Å². The zero-order valence-electron chi connectivity index (χ0n) is 11.6. The van der Waals surface area contributed by atoms with Gasteiger partial charge in [-0.15, -0.1) is 0 Å². The van der Waals surface area contributed by atoms with Crippen molar-refractivity contribution in [3.8, 4) is 6.07 Å². The number of hydrogen-bond donors (Lipinski definition) is 0. The molecule has 0 spiro atoms. The highest BCUT2D eigenvalue weighted by molar-refractivity contribution is 5.77. The van der Waals surface area contributed by atoms with E-state index in [9.17, 15) is 0 Å². The Labute approximate surface area is 118 Å². The maximum absolute atomic E-state index is 8.96. The molecule has 0 fully saturated rings. The molecular formula is C17H15N3. The minimum absolute atomic E-state index is 0.693. The summed E-state index contributed by atoms with van der Waals surface area (Å²) in [6, 6.07) is 14.2. The van der Waals surface area contributed by atoms with Crippen LogP contribution in [0.2, 0.25) is 0 Å². The Balaban J connectivity index is 2.02. The molecule has 0 unspecified atom stereocenters. The minimum atomic E-state index is 0.693. The van der Waals surface area contributed by atoms with Gasteiger partial charge in [-0.25, -0.2) is 4.98 Å². The third kappa shape index (κ3) is 2.17. The van der Waals surface area contributed by atoms with Crippen molar-refractivity contribution in [2.24, 2.45) is 0 Å². The molecule has 20 heavy (non-hydrogen) atoms. The van der Waals surface area contributed by atoms with E-state index in [0.29, 0.717) is 5.56 Å². The van der Waals surface area contributed by atoms with Crippen LogP contribution in [0.15, 0.2) is 42.7 Å². The second-order valence-electron chi connectivity index (χ2n) is 5.11. The average molecular weight is 261 g/mol. The lowest BCUT2D eigenvalue weighted by atomic mass is 10.1. The molecule has 1 aromatic heterocycles. The SMILES string of the molecule is Cc1cc2ncn(Cc3cccc(C#N)c3)c2cc1C. The van der Waals surface area contributed by atoms with Crippen LogP contribution in [0, 0.1) is 25.2 Å². The van der Waals surface area contributed by atoms with Gasteiger partial charge in [0.05, 0.1) is 29.0 Å². The molecule has 0 saturated heterocycles. The monoisotopic (exact) mass is 261 g/mol. The van der Waals surface area contributed by atoms with Crippen LogP contribution in [-0.2, 0) is 6.54 Å². The van der Waals surface area contributed by atoms with Gasteiger partial charge >= 0.3 is 0 Å². The van der Waals surface area contributed by atoms with E-state index in [1.54, 1.807) is 0 Å². The van der Waals surface area contributed by atoms with Crippen molar-refractivity contribution in [3.05, 3.63) is 65.0 Å². The third-order valence-electron chi connectivity index (χ3n) is 3.65. The molecule has 0 bridgehead atoms. The van der Waals surface area contributed by atoms with Gasteiger partial charge in [-0.2, -0.15) is 5.26 Å². The number of hydrogen-bond acceptors (Lipinski definition) is 2. The van der Waals surface area contributed by atoms with Crippen LogP contribution in [0.3, 0.4) is 0 Å². The van der Waals surface area contributed by atoms with Gasteiger partial charge in [0.25, 0.3) is 0 Å². The molecule has 0 aliphatic heterocycles. The van der Waals surface area contributed by atoms with Gasteiger partial charge in [-0.05, 0) is 54.8 Å². The average Bonchev–Trinajstić information content (AvgIpc) is 2.82. The second kappa shape index (κ2) is 4.82. The molecule has 0 N–H and O–H groups in total. The molecule has 2 aromatic carbocycles. The van der Waals surface area contributed by atoms with Crippen LogP contribution in [0.1, 0.15) is 22.3 Å². The highest BCUT2D eigenvalue weighted by atomic mass is 15.0. The largest absolute Gasteiger partial charge is 0.326 e. The summed E-state index contributed by atoms with van der Waals surface area (Å²) in [5.74, 6) is 0. The molecule has 3 rings (SSSR count). The topological polar surface area (TPSA) is 41.6 Å². The first-order valence-electron chi connectivity index (χ1n) is 6.58. The van der Waals surface area contributed by atoms with Crippen LogP contribution < -0.4 is 0 Å². The molecule has 3 heteroatoms. The first-order valence-corrected chi connectivity index (χ1v) is 6.58. The number of aromatic nitrogens is 2. The molecule has 0 aliphatic carbocycles. The van der Waals surface area contributed by atoms with Gasteiger partial charge in [0, 0.05) is 6.54 Å². The van der Waals surface area contributed by atoms with Crippen molar-refractivity contribution in [1.29, 1.82) is 5.26 Å². The Morgan fingerprint density at radius 3 is 2.75 bits per heavy atom. The summed E-state index contributed by atoms with van der Waals surface area (Å²) in [6.07, 6.45) is 1.86. The molecule has 3 aromatic rings. The van der Waals surface area contributed by atoms with E-state index in [-0.39, 0.29) is 0 Å². The zero-order valence-corrected chi connectivity index (χ0v) is 11.6. The highest BCUT2D eigenvalue weighted by Crippen LogP contribution is 2.19. The predicted octanol–water partition coefficient (Wildman–Crippen LogP) is 3.57. The second-order valence-corrected chi connectivity index (χ2v) is 5.11. The van der Waals surface area contributed by atoms with Crippen molar-refractivity contribution in [2.75, 3.05) is 0 Å². The fraction of sp³-hybridized carbons (Fsp3) is 0.176.